The summed E-state index contributed by atoms with van der Waals surface area (Å²) < 4.78 is 58.4. The standard InChI is InChI=1S/C26H30FN3O6S/c1-16(2)14-35-21-12-19(11-20(27)13-21)23-10-9-22(26(29-23)36-18(4)15-34-5)25(31)30-37(32,33)24-8-6-7-17(3)28-24/h6-13,16,18H,14-15H2,1-5H3,(H,30,31). The van der Waals surface area contributed by atoms with Crippen LogP contribution in [0.25, 0.3) is 11.3 Å². The fourth-order valence-electron chi connectivity index (χ4n) is 3.28. The molecule has 0 spiro atoms. The van der Waals surface area contributed by atoms with Crippen LogP contribution in [0.2, 0.25) is 0 Å². The fourth-order valence-corrected chi connectivity index (χ4v) is 4.26. The van der Waals surface area contributed by atoms with Gasteiger partial charge in [0.05, 0.1) is 18.9 Å². The zero-order valence-electron chi connectivity index (χ0n) is 21.3. The second-order valence-corrected chi connectivity index (χ2v) is 10.5. The zero-order valence-corrected chi connectivity index (χ0v) is 22.1. The number of hydrogen-bond donors (Lipinski definition) is 1. The maximum Gasteiger partial charge on any atom is 0.281 e. The number of benzene rings is 1. The molecule has 0 aliphatic rings. The molecule has 198 valence electrons. The zero-order chi connectivity index (χ0) is 27.2. The van der Waals surface area contributed by atoms with Gasteiger partial charge in [-0.25, -0.2) is 19.1 Å². The number of ether oxygens (including phenoxy) is 3. The third kappa shape index (κ3) is 7.70. The van der Waals surface area contributed by atoms with Gasteiger partial charge in [-0.1, -0.05) is 19.9 Å². The molecule has 3 aromatic rings. The van der Waals surface area contributed by atoms with Gasteiger partial charge in [-0.2, -0.15) is 8.42 Å². The average molecular weight is 532 g/mol. The normalized spacial score (nSPS) is 12.3. The van der Waals surface area contributed by atoms with Crippen LogP contribution >= 0.6 is 0 Å². The number of hydrogen-bond acceptors (Lipinski definition) is 8. The molecule has 1 N–H and O–H groups in total. The van der Waals surface area contributed by atoms with E-state index in [-0.39, 0.29) is 29.0 Å². The highest BCUT2D eigenvalue weighted by atomic mass is 32.2. The molecule has 11 heteroatoms. The molecule has 9 nitrogen and oxygen atoms in total. The number of halogens is 1. The van der Waals surface area contributed by atoms with Gasteiger partial charge in [0.15, 0.2) is 5.03 Å². The molecule has 1 amide bonds. The van der Waals surface area contributed by atoms with Gasteiger partial charge in [-0.15, -0.1) is 0 Å². The Labute approximate surface area is 216 Å². The van der Waals surface area contributed by atoms with Crippen molar-refractivity contribution in [3.63, 3.8) is 0 Å². The van der Waals surface area contributed by atoms with E-state index in [1.54, 1.807) is 26.0 Å². The highest BCUT2D eigenvalue weighted by Gasteiger charge is 2.24. The van der Waals surface area contributed by atoms with E-state index in [4.69, 9.17) is 14.2 Å². The fraction of sp³-hybridized carbons (Fsp3) is 0.346. The minimum atomic E-state index is -4.26. The van der Waals surface area contributed by atoms with Crippen LogP contribution in [0.1, 0.15) is 36.8 Å². The first kappa shape index (κ1) is 28.0. The predicted octanol–water partition coefficient (Wildman–Crippen LogP) is 4.16. The number of pyridine rings is 2. The molecule has 2 heterocycles. The van der Waals surface area contributed by atoms with Gasteiger partial charge in [0, 0.05) is 24.4 Å². The van der Waals surface area contributed by atoms with Crippen molar-refractivity contribution in [3.8, 4) is 22.9 Å². The molecule has 0 bridgehead atoms. The summed E-state index contributed by atoms with van der Waals surface area (Å²) >= 11 is 0. The number of carbonyl (C=O) groups is 1. The molecular weight excluding hydrogens is 501 g/mol. The van der Waals surface area contributed by atoms with Gasteiger partial charge in [0.25, 0.3) is 15.9 Å². The largest absolute Gasteiger partial charge is 0.493 e. The first-order chi connectivity index (χ1) is 17.5. The molecular formula is C26H30FN3O6S. The van der Waals surface area contributed by atoms with Crippen LogP contribution in [0, 0.1) is 18.7 Å². The van der Waals surface area contributed by atoms with E-state index in [1.165, 1.54) is 43.5 Å². The van der Waals surface area contributed by atoms with Crippen LogP contribution in [0.3, 0.4) is 0 Å². The Morgan fingerprint density at radius 3 is 2.49 bits per heavy atom. The first-order valence-corrected chi connectivity index (χ1v) is 13.1. The third-order valence-electron chi connectivity index (χ3n) is 4.93. The van der Waals surface area contributed by atoms with E-state index in [2.05, 4.69) is 9.97 Å². The third-order valence-corrected chi connectivity index (χ3v) is 6.17. The molecule has 2 aromatic heterocycles. The Bertz CT molecular complexity index is 1360. The molecule has 0 fully saturated rings. The lowest BCUT2D eigenvalue weighted by atomic mass is 10.1. The molecule has 0 radical (unpaired) electrons. The summed E-state index contributed by atoms with van der Waals surface area (Å²) in [5, 5.41) is -0.297. The smallest absolute Gasteiger partial charge is 0.281 e. The van der Waals surface area contributed by atoms with Crippen LogP contribution in [-0.2, 0) is 14.8 Å². The summed E-state index contributed by atoms with van der Waals surface area (Å²) in [5.41, 5.74) is 1.04. The van der Waals surface area contributed by atoms with Crippen LogP contribution in [0.4, 0.5) is 4.39 Å². The van der Waals surface area contributed by atoms with E-state index in [1.807, 2.05) is 18.6 Å². The second-order valence-electron chi connectivity index (χ2n) is 8.87. The van der Waals surface area contributed by atoms with Gasteiger partial charge >= 0.3 is 0 Å². The van der Waals surface area contributed by atoms with Gasteiger partial charge < -0.3 is 14.2 Å². The highest BCUT2D eigenvalue weighted by Crippen LogP contribution is 2.28. The Hall–Kier alpha value is -3.57. The lowest BCUT2D eigenvalue weighted by Crippen LogP contribution is -2.32. The number of aryl methyl sites for hydroxylation is 1. The molecule has 1 unspecified atom stereocenters. The van der Waals surface area contributed by atoms with Crippen LogP contribution < -0.4 is 14.2 Å². The Balaban J connectivity index is 1.98. The highest BCUT2D eigenvalue weighted by molar-refractivity contribution is 7.90. The van der Waals surface area contributed by atoms with Crippen molar-refractivity contribution in [2.75, 3.05) is 20.3 Å². The van der Waals surface area contributed by atoms with Crippen LogP contribution in [0.5, 0.6) is 11.6 Å². The average Bonchev–Trinajstić information content (AvgIpc) is 2.82. The number of aromatic nitrogens is 2. The number of nitrogens with one attached hydrogen (secondary N) is 1. The molecule has 37 heavy (non-hydrogen) atoms. The summed E-state index contributed by atoms with van der Waals surface area (Å²) in [4.78, 5) is 21.4. The van der Waals surface area contributed by atoms with E-state index >= 15 is 0 Å². The number of rotatable bonds is 11. The summed E-state index contributed by atoms with van der Waals surface area (Å²) in [6.07, 6.45) is -0.521. The van der Waals surface area contributed by atoms with Crippen molar-refractivity contribution in [2.45, 2.75) is 38.8 Å². The van der Waals surface area contributed by atoms with Crippen molar-refractivity contribution in [1.29, 1.82) is 0 Å². The number of nitrogens with zero attached hydrogens (tertiary/aromatic N) is 2. The Kier molecular flexibility index (Phi) is 9.17. The van der Waals surface area contributed by atoms with E-state index in [9.17, 15) is 17.6 Å². The number of sulfonamides is 1. The SMILES string of the molecule is COCC(C)Oc1nc(-c2cc(F)cc(OCC(C)C)c2)ccc1C(=O)NS(=O)(=O)c1cccc(C)n1. The van der Waals surface area contributed by atoms with Crippen molar-refractivity contribution in [3.05, 3.63) is 65.6 Å². The monoisotopic (exact) mass is 531 g/mol. The van der Waals surface area contributed by atoms with E-state index < -0.39 is 27.9 Å². The summed E-state index contributed by atoms with van der Waals surface area (Å²) in [6, 6.07) is 11.5. The summed E-state index contributed by atoms with van der Waals surface area (Å²) in [7, 11) is -2.77. The van der Waals surface area contributed by atoms with Crippen LogP contribution in [0.15, 0.2) is 53.6 Å². The van der Waals surface area contributed by atoms with Crippen LogP contribution in [-0.4, -0.2) is 50.7 Å². The van der Waals surface area contributed by atoms with Crippen molar-refractivity contribution in [2.24, 2.45) is 5.92 Å². The van der Waals surface area contributed by atoms with Crippen molar-refractivity contribution >= 4 is 15.9 Å². The summed E-state index contributed by atoms with van der Waals surface area (Å²) in [5.74, 6) is -1.04. The Morgan fingerprint density at radius 2 is 1.81 bits per heavy atom. The molecule has 0 saturated carbocycles. The predicted molar refractivity (Wildman–Crippen MR) is 136 cm³/mol. The van der Waals surface area contributed by atoms with E-state index in [0.717, 1.165) is 0 Å². The molecule has 1 atom stereocenters. The number of methoxy groups -OCH3 is 1. The number of amides is 1. The molecule has 1 aromatic carbocycles. The molecule has 0 aliphatic heterocycles. The quantitative estimate of drug-likeness (QED) is 0.392. The molecule has 0 aliphatic carbocycles. The van der Waals surface area contributed by atoms with Gasteiger partial charge in [-0.05, 0) is 56.2 Å². The maximum atomic E-state index is 14.3. The summed E-state index contributed by atoms with van der Waals surface area (Å²) in [6.45, 7) is 7.89. The van der Waals surface area contributed by atoms with E-state index in [0.29, 0.717) is 29.3 Å². The number of carbonyl (C=O) groups excluding carboxylic acids is 1. The minimum absolute atomic E-state index is 0.129. The van der Waals surface area contributed by atoms with Gasteiger partial charge in [0.1, 0.15) is 23.2 Å². The minimum Gasteiger partial charge on any atom is -0.493 e. The van der Waals surface area contributed by atoms with Crippen molar-refractivity contribution < 1.29 is 31.8 Å². The second kappa shape index (κ2) is 12.1. The maximum absolute atomic E-state index is 14.3. The lowest BCUT2D eigenvalue weighted by Gasteiger charge is -2.17. The first-order valence-electron chi connectivity index (χ1n) is 11.6. The van der Waals surface area contributed by atoms with Gasteiger partial charge in [0.2, 0.25) is 5.88 Å². The van der Waals surface area contributed by atoms with Crippen molar-refractivity contribution in [1.82, 2.24) is 14.7 Å². The molecule has 0 saturated heterocycles. The lowest BCUT2D eigenvalue weighted by molar-refractivity contribution is 0.0855. The van der Waals surface area contributed by atoms with Gasteiger partial charge in [-0.3, -0.25) is 4.79 Å². The molecule has 3 rings (SSSR count). The Morgan fingerprint density at radius 1 is 1.05 bits per heavy atom. The topological polar surface area (TPSA) is 117 Å².